The molecule has 0 aromatic carbocycles. The van der Waals surface area contributed by atoms with E-state index in [1.807, 2.05) is 42.9 Å². The Balaban J connectivity index is 0. The van der Waals surface area contributed by atoms with Crippen molar-refractivity contribution in [1.82, 2.24) is 4.98 Å². The van der Waals surface area contributed by atoms with Gasteiger partial charge in [-0.05, 0) is 6.04 Å². The molecule has 2 N–H and O–H groups in total. The summed E-state index contributed by atoms with van der Waals surface area (Å²) in [6.07, 6.45) is 11.5. The Kier molecular flexibility index (Phi) is 13.1. The minimum Gasteiger partial charge on any atom is -0.418 e. The van der Waals surface area contributed by atoms with E-state index >= 15 is 0 Å². The lowest BCUT2D eigenvalue weighted by Gasteiger charge is -1.96. The van der Waals surface area contributed by atoms with Crippen molar-refractivity contribution in [3.8, 4) is 0 Å². The molecule has 4 nitrogen and oxygen atoms in total. The molecule has 0 saturated carbocycles. The lowest BCUT2D eigenvalue weighted by molar-refractivity contribution is -0.670. The summed E-state index contributed by atoms with van der Waals surface area (Å²) in [5.41, 5.74) is 0. The highest BCUT2D eigenvalue weighted by molar-refractivity contribution is 6.50. The summed E-state index contributed by atoms with van der Waals surface area (Å²) in [4.78, 5) is 6.84. The molecule has 1 unspecified atom stereocenters. The van der Waals surface area contributed by atoms with Gasteiger partial charge in [-0.3, -0.25) is 4.98 Å². The average Bonchev–Trinajstić information content (AvgIpc) is 2.99. The molecular weight excluding hydrogens is 366 g/mol. The summed E-state index contributed by atoms with van der Waals surface area (Å²) in [5.74, 6) is 0. The fraction of sp³-hybridized carbons (Fsp3) is 0.333. The zero-order valence-electron chi connectivity index (χ0n) is 12.7. The van der Waals surface area contributed by atoms with Crippen LogP contribution in [0, 0.1) is 0 Å². The SMILES string of the molecule is CC[Si][NH+]1C=CN=C1.C[n+]1cc[nH]c1.F[B-](F)(F)F.F[B-](F)(F)F. The Morgan fingerprint density at radius 3 is 1.79 bits per heavy atom. The first-order chi connectivity index (χ1) is 10.8. The van der Waals surface area contributed by atoms with Crippen molar-refractivity contribution in [2.24, 2.45) is 12.0 Å². The number of aromatic amines is 1. The maximum absolute atomic E-state index is 9.75. The van der Waals surface area contributed by atoms with E-state index in [4.69, 9.17) is 0 Å². The van der Waals surface area contributed by atoms with Crippen molar-refractivity contribution in [2.75, 3.05) is 0 Å². The highest BCUT2D eigenvalue weighted by Crippen LogP contribution is 2.07. The molecule has 0 amide bonds. The number of nitrogens with zero attached hydrogens (tertiary/aromatic N) is 2. The van der Waals surface area contributed by atoms with E-state index in [1.54, 1.807) is 0 Å². The van der Waals surface area contributed by atoms with Crippen molar-refractivity contribution >= 4 is 30.5 Å². The van der Waals surface area contributed by atoms with Crippen LogP contribution >= 0.6 is 0 Å². The Morgan fingerprint density at radius 1 is 1.08 bits per heavy atom. The van der Waals surface area contributed by atoms with Gasteiger partial charge < -0.3 is 39.1 Å². The lowest BCUT2D eigenvalue weighted by Crippen LogP contribution is -3.07. The van der Waals surface area contributed by atoms with Gasteiger partial charge in [0, 0.05) is 0 Å². The van der Waals surface area contributed by atoms with E-state index < -0.39 is 14.5 Å². The van der Waals surface area contributed by atoms with Gasteiger partial charge in [-0.1, -0.05) is 6.92 Å². The topological polar surface area (TPSA) is 36.5 Å². The van der Waals surface area contributed by atoms with Crippen LogP contribution in [0.15, 0.2) is 36.1 Å². The molecule has 0 bridgehead atoms. The van der Waals surface area contributed by atoms with Crippen LogP contribution in [0.1, 0.15) is 6.92 Å². The van der Waals surface area contributed by atoms with Gasteiger partial charge in [0.1, 0.15) is 18.6 Å². The third-order valence-corrected chi connectivity index (χ3v) is 2.68. The van der Waals surface area contributed by atoms with Crippen LogP contribution in [-0.4, -0.2) is 35.5 Å². The standard InChI is InChI=1S/C5H9N2Si.C4H6N2.2BF4/c1-2-8-7-4-3-6-5-7;1-6-3-2-5-4-6;2*2-1(3,4)5/h3-5,7H,2H2,1H3;2-4H,1H3;;/q+1;;2*-1/p+1. The molecular formula is C9H16B2F8N4Si. The highest BCUT2D eigenvalue weighted by Gasteiger charge is 2.21. The van der Waals surface area contributed by atoms with E-state index in [9.17, 15) is 34.5 Å². The van der Waals surface area contributed by atoms with Crippen LogP contribution in [-0.2, 0) is 7.05 Å². The minimum absolute atomic E-state index is 0.949. The van der Waals surface area contributed by atoms with E-state index in [1.165, 1.54) is 10.6 Å². The number of aromatic nitrogens is 2. The number of nitrogens with one attached hydrogen (secondary N) is 2. The van der Waals surface area contributed by atoms with Crippen molar-refractivity contribution in [2.45, 2.75) is 13.0 Å². The predicted molar refractivity (Wildman–Crippen MR) is 77.2 cm³/mol. The van der Waals surface area contributed by atoms with Crippen molar-refractivity contribution in [3.05, 3.63) is 31.1 Å². The maximum Gasteiger partial charge on any atom is 0.673 e. The third kappa shape index (κ3) is 32.3. The van der Waals surface area contributed by atoms with Crippen LogP contribution in [0.3, 0.4) is 0 Å². The van der Waals surface area contributed by atoms with Gasteiger partial charge in [0.25, 0.3) is 0 Å². The van der Waals surface area contributed by atoms with Crippen LogP contribution in [0.4, 0.5) is 34.5 Å². The molecule has 1 aromatic rings. The monoisotopic (exact) mass is 382 g/mol. The summed E-state index contributed by atoms with van der Waals surface area (Å²) in [6, 6.07) is 1.24. The van der Waals surface area contributed by atoms with E-state index in [0.29, 0.717) is 0 Å². The van der Waals surface area contributed by atoms with Gasteiger partial charge in [0.05, 0.1) is 13.2 Å². The molecule has 2 radical (unpaired) electrons. The number of quaternary nitrogens is 1. The van der Waals surface area contributed by atoms with Gasteiger partial charge in [-0.25, -0.2) is 9.56 Å². The van der Waals surface area contributed by atoms with E-state index in [-0.39, 0.29) is 0 Å². The number of H-pyrrole nitrogens is 1. The Hall–Kier alpha value is -1.63. The van der Waals surface area contributed by atoms with Crippen LogP contribution in [0.25, 0.3) is 0 Å². The lowest BCUT2D eigenvalue weighted by atomic mass is 10.3. The minimum atomic E-state index is -6.00. The molecule has 2 rings (SSSR count). The highest BCUT2D eigenvalue weighted by atomic mass is 28.2. The fourth-order valence-electron chi connectivity index (χ4n) is 0.963. The second-order valence-corrected chi connectivity index (χ2v) is 5.48. The fourth-order valence-corrected chi connectivity index (χ4v) is 1.73. The molecule has 15 heteroatoms. The molecule has 1 aliphatic heterocycles. The number of hydrogen-bond donors (Lipinski definition) is 2. The van der Waals surface area contributed by atoms with Gasteiger partial charge in [0.2, 0.25) is 6.33 Å². The molecule has 0 spiro atoms. The summed E-state index contributed by atoms with van der Waals surface area (Å²) >= 11 is 0. The number of rotatable bonds is 2. The summed E-state index contributed by atoms with van der Waals surface area (Å²) in [5, 5.41) is 0. The number of halogens is 8. The van der Waals surface area contributed by atoms with Gasteiger partial charge in [-0.15, -0.1) is 0 Å². The number of hydrogen-bond acceptors (Lipinski definition) is 1. The van der Waals surface area contributed by atoms with Crippen LogP contribution < -0.4 is 9.13 Å². The molecule has 1 aromatic heterocycles. The zero-order chi connectivity index (χ0) is 19.2. The molecule has 0 fully saturated rings. The van der Waals surface area contributed by atoms with E-state index in [0.717, 1.165) is 9.68 Å². The largest absolute Gasteiger partial charge is 0.673 e. The maximum atomic E-state index is 9.75. The number of aliphatic imine (C=N–C) groups is 1. The van der Waals surface area contributed by atoms with Crippen molar-refractivity contribution < 1.29 is 43.7 Å². The Labute approximate surface area is 136 Å². The molecule has 24 heavy (non-hydrogen) atoms. The summed E-state index contributed by atoms with van der Waals surface area (Å²) in [6.45, 7) is 2.19. The molecule has 1 atom stereocenters. The summed E-state index contributed by atoms with van der Waals surface area (Å²) < 4.78 is 81.3. The first kappa shape index (κ1) is 24.6. The second kappa shape index (κ2) is 12.7. The molecule has 2 heterocycles. The van der Waals surface area contributed by atoms with Crippen LogP contribution in [0.2, 0.25) is 6.04 Å². The Bertz CT molecular complexity index is 427. The normalized spacial score (nSPS) is 15.5. The van der Waals surface area contributed by atoms with Crippen LogP contribution in [0.5, 0.6) is 0 Å². The van der Waals surface area contributed by atoms with Crippen molar-refractivity contribution in [3.63, 3.8) is 0 Å². The van der Waals surface area contributed by atoms with E-state index in [2.05, 4.69) is 23.1 Å². The van der Waals surface area contributed by atoms with Gasteiger partial charge in [0.15, 0.2) is 6.34 Å². The zero-order valence-corrected chi connectivity index (χ0v) is 13.7. The predicted octanol–water partition coefficient (Wildman–Crippen LogP) is 1.88. The number of aryl methyl sites for hydroxylation is 1. The Morgan fingerprint density at radius 2 is 1.58 bits per heavy atom. The van der Waals surface area contributed by atoms with Crippen molar-refractivity contribution in [1.29, 1.82) is 0 Å². The molecule has 138 valence electrons. The molecule has 0 aliphatic carbocycles. The smallest absolute Gasteiger partial charge is 0.418 e. The summed E-state index contributed by atoms with van der Waals surface area (Å²) in [7, 11) is -9.08. The molecule has 0 saturated heterocycles. The first-order valence-electron chi connectivity index (χ1n) is 6.36. The average molecular weight is 382 g/mol. The quantitative estimate of drug-likeness (QED) is 0.446. The van der Waals surface area contributed by atoms with Gasteiger partial charge in [-0.2, -0.15) is 0 Å². The molecule has 1 aliphatic rings. The second-order valence-electron chi connectivity index (χ2n) is 3.85. The van der Waals surface area contributed by atoms with Gasteiger partial charge >= 0.3 is 24.2 Å². The third-order valence-electron chi connectivity index (χ3n) is 1.62. The number of imidazole rings is 1. The first-order valence-corrected chi connectivity index (χ1v) is 7.56.